The van der Waals surface area contributed by atoms with Crippen molar-refractivity contribution < 1.29 is 4.79 Å². The Kier molecular flexibility index (Phi) is 6.01. The van der Waals surface area contributed by atoms with E-state index in [1.807, 2.05) is 12.1 Å². The van der Waals surface area contributed by atoms with Crippen LogP contribution in [0.1, 0.15) is 58.4 Å². The Morgan fingerprint density at radius 1 is 1.05 bits per heavy atom. The third kappa shape index (κ3) is 5.45. The number of hydrogen-bond acceptors (Lipinski definition) is 2. The molecule has 122 valence electrons. The molecule has 1 aromatic rings. The van der Waals surface area contributed by atoms with Crippen LogP contribution >= 0.6 is 0 Å². The number of anilines is 1. The molecule has 1 aliphatic rings. The highest BCUT2D eigenvalue weighted by Crippen LogP contribution is 2.23. The fraction of sp³-hybridized carbons (Fsp3) is 0.632. The largest absolute Gasteiger partial charge is 0.326 e. The Bertz CT molecular complexity index is 465. The highest BCUT2D eigenvalue weighted by Gasteiger charge is 2.14. The molecule has 1 amide bonds. The smallest absolute Gasteiger partial charge is 0.225 e. The van der Waals surface area contributed by atoms with E-state index in [1.54, 1.807) is 0 Å². The van der Waals surface area contributed by atoms with Gasteiger partial charge in [0.2, 0.25) is 5.91 Å². The van der Waals surface area contributed by atoms with E-state index in [2.05, 4.69) is 43.1 Å². The van der Waals surface area contributed by atoms with Crippen molar-refractivity contribution in [1.82, 2.24) is 4.90 Å². The van der Waals surface area contributed by atoms with Crippen LogP contribution in [-0.2, 0) is 10.2 Å². The van der Waals surface area contributed by atoms with Gasteiger partial charge in [0.25, 0.3) is 0 Å². The fourth-order valence-corrected chi connectivity index (χ4v) is 2.90. The third-order valence-electron chi connectivity index (χ3n) is 4.39. The summed E-state index contributed by atoms with van der Waals surface area (Å²) in [4.78, 5) is 14.5. The molecule has 1 heterocycles. The average Bonchev–Trinajstić information content (AvgIpc) is 2.73. The van der Waals surface area contributed by atoms with Gasteiger partial charge < -0.3 is 10.2 Å². The van der Waals surface area contributed by atoms with Crippen LogP contribution in [0.2, 0.25) is 0 Å². The summed E-state index contributed by atoms with van der Waals surface area (Å²) in [6, 6.07) is 8.21. The van der Waals surface area contributed by atoms with Gasteiger partial charge in [-0.1, -0.05) is 45.7 Å². The second kappa shape index (κ2) is 7.77. The molecule has 22 heavy (non-hydrogen) atoms. The molecule has 0 bridgehead atoms. The summed E-state index contributed by atoms with van der Waals surface area (Å²) < 4.78 is 0. The maximum Gasteiger partial charge on any atom is 0.225 e. The lowest BCUT2D eigenvalue weighted by molar-refractivity contribution is -0.116. The minimum atomic E-state index is 0.118. The highest BCUT2D eigenvalue weighted by atomic mass is 16.1. The van der Waals surface area contributed by atoms with Crippen LogP contribution in [0, 0.1) is 0 Å². The number of amides is 1. The van der Waals surface area contributed by atoms with Crippen molar-refractivity contribution >= 4 is 11.6 Å². The highest BCUT2D eigenvalue weighted by molar-refractivity contribution is 5.90. The molecular weight excluding hydrogens is 272 g/mol. The van der Waals surface area contributed by atoms with E-state index in [1.165, 1.54) is 31.2 Å². The van der Waals surface area contributed by atoms with Gasteiger partial charge in [-0.15, -0.1) is 0 Å². The predicted octanol–water partition coefficient (Wildman–Crippen LogP) is 4.19. The van der Waals surface area contributed by atoms with Crippen LogP contribution in [0.25, 0.3) is 0 Å². The first-order valence-corrected chi connectivity index (χ1v) is 8.58. The Morgan fingerprint density at radius 2 is 1.64 bits per heavy atom. The molecule has 3 nitrogen and oxygen atoms in total. The SMILES string of the molecule is CC(C)(C)c1ccc(NC(=O)CCN2CCCCCC2)cc1. The number of hydrogen-bond donors (Lipinski definition) is 1. The summed E-state index contributed by atoms with van der Waals surface area (Å²) in [6.45, 7) is 9.76. The van der Waals surface area contributed by atoms with Crippen molar-refractivity contribution in [3.8, 4) is 0 Å². The Hall–Kier alpha value is -1.35. The number of likely N-dealkylation sites (tertiary alicyclic amines) is 1. The zero-order valence-electron chi connectivity index (χ0n) is 14.3. The van der Waals surface area contributed by atoms with Crippen LogP contribution in [0.5, 0.6) is 0 Å². The van der Waals surface area contributed by atoms with Gasteiger partial charge in [0.15, 0.2) is 0 Å². The first-order valence-electron chi connectivity index (χ1n) is 8.58. The summed E-state index contributed by atoms with van der Waals surface area (Å²) in [7, 11) is 0. The second-order valence-corrected chi connectivity index (χ2v) is 7.38. The Morgan fingerprint density at radius 3 is 2.18 bits per heavy atom. The lowest BCUT2D eigenvalue weighted by Gasteiger charge is -2.20. The van der Waals surface area contributed by atoms with Gasteiger partial charge in [-0.25, -0.2) is 0 Å². The van der Waals surface area contributed by atoms with E-state index in [-0.39, 0.29) is 11.3 Å². The van der Waals surface area contributed by atoms with Crippen LogP contribution in [0.3, 0.4) is 0 Å². The molecule has 0 spiro atoms. The lowest BCUT2D eigenvalue weighted by atomic mass is 9.87. The molecule has 1 aliphatic heterocycles. The van der Waals surface area contributed by atoms with Crippen LogP contribution in [0.4, 0.5) is 5.69 Å². The summed E-state index contributed by atoms with van der Waals surface area (Å²) in [5, 5.41) is 3.01. The standard InChI is InChI=1S/C19H30N2O/c1-19(2,3)16-8-10-17(11-9-16)20-18(22)12-15-21-13-6-4-5-7-14-21/h8-11H,4-7,12-15H2,1-3H3,(H,20,22). The molecule has 0 atom stereocenters. The molecular formula is C19H30N2O. The van der Waals surface area contributed by atoms with Crippen LogP contribution < -0.4 is 5.32 Å². The van der Waals surface area contributed by atoms with Crippen molar-refractivity contribution in [1.29, 1.82) is 0 Å². The van der Waals surface area contributed by atoms with Crippen LogP contribution in [-0.4, -0.2) is 30.4 Å². The maximum absolute atomic E-state index is 12.1. The zero-order chi connectivity index (χ0) is 16.0. The molecule has 0 aliphatic carbocycles. The minimum absolute atomic E-state index is 0.118. The zero-order valence-corrected chi connectivity index (χ0v) is 14.3. The number of rotatable bonds is 4. The van der Waals surface area contributed by atoms with Gasteiger partial charge in [0.05, 0.1) is 0 Å². The van der Waals surface area contributed by atoms with E-state index in [9.17, 15) is 4.79 Å². The maximum atomic E-state index is 12.1. The van der Waals surface area contributed by atoms with Gasteiger partial charge in [0.1, 0.15) is 0 Å². The number of nitrogens with one attached hydrogen (secondary N) is 1. The van der Waals surface area contributed by atoms with E-state index in [4.69, 9.17) is 0 Å². The molecule has 2 rings (SSSR count). The summed E-state index contributed by atoms with van der Waals surface area (Å²) >= 11 is 0. The number of nitrogens with zero attached hydrogens (tertiary/aromatic N) is 1. The molecule has 0 unspecified atom stereocenters. The van der Waals surface area contributed by atoms with Crippen molar-refractivity contribution in [2.45, 2.75) is 58.3 Å². The van der Waals surface area contributed by atoms with E-state index >= 15 is 0 Å². The van der Waals surface area contributed by atoms with E-state index in [0.29, 0.717) is 6.42 Å². The number of carbonyl (C=O) groups excluding carboxylic acids is 1. The molecule has 1 saturated heterocycles. The van der Waals surface area contributed by atoms with Crippen molar-refractivity contribution in [2.24, 2.45) is 0 Å². The molecule has 0 radical (unpaired) electrons. The molecule has 1 N–H and O–H groups in total. The monoisotopic (exact) mass is 302 g/mol. The Labute approximate surface area is 135 Å². The topological polar surface area (TPSA) is 32.3 Å². The van der Waals surface area contributed by atoms with Crippen molar-refractivity contribution in [3.63, 3.8) is 0 Å². The number of benzene rings is 1. The second-order valence-electron chi connectivity index (χ2n) is 7.38. The normalized spacial score (nSPS) is 17.0. The van der Waals surface area contributed by atoms with E-state index < -0.39 is 0 Å². The van der Waals surface area contributed by atoms with Crippen molar-refractivity contribution in [3.05, 3.63) is 29.8 Å². The molecule has 3 heteroatoms. The first kappa shape index (κ1) is 17.0. The summed E-state index contributed by atoms with van der Waals surface area (Å²) in [5.74, 6) is 0.118. The van der Waals surface area contributed by atoms with E-state index in [0.717, 1.165) is 25.3 Å². The molecule has 1 aromatic carbocycles. The predicted molar refractivity (Wildman–Crippen MR) is 93.3 cm³/mol. The first-order chi connectivity index (χ1) is 10.4. The van der Waals surface area contributed by atoms with Gasteiger partial charge >= 0.3 is 0 Å². The number of carbonyl (C=O) groups is 1. The van der Waals surface area contributed by atoms with Gasteiger partial charge in [-0.3, -0.25) is 4.79 Å². The summed E-state index contributed by atoms with van der Waals surface area (Å²) in [5.41, 5.74) is 2.33. The minimum Gasteiger partial charge on any atom is -0.326 e. The van der Waals surface area contributed by atoms with Crippen LogP contribution in [0.15, 0.2) is 24.3 Å². The third-order valence-corrected chi connectivity index (χ3v) is 4.39. The summed E-state index contributed by atoms with van der Waals surface area (Å²) in [6.07, 6.45) is 5.80. The van der Waals surface area contributed by atoms with Gasteiger partial charge in [0, 0.05) is 18.7 Å². The van der Waals surface area contributed by atoms with Gasteiger partial charge in [-0.05, 0) is 49.0 Å². The van der Waals surface area contributed by atoms with Gasteiger partial charge in [-0.2, -0.15) is 0 Å². The Balaban J connectivity index is 1.79. The van der Waals surface area contributed by atoms with Crippen molar-refractivity contribution in [2.75, 3.05) is 25.0 Å². The molecule has 1 fully saturated rings. The lowest BCUT2D eigenvalue weighted by Crippen LogP contribution is -2.28. The quantitative estimate of drug-likeness (QED) is 0.904. The average molecular weight is 302 g/mol. The molecule has 0 saturated carbocycles. The molecule has 0 aromatic heterocycles. The fourth-order valence-electron chi connectivity index (χ4n) is 2.90.